The second-order valence-corrected chi connectivity index (χ2v) is 3.40. The summed E-state index contributed by atoms with van der Waals surface area (Å²) in [5.41, 5.74) is 1.17. The van der Waals surface area contributed by atoms with Crippen LogP contribution in [0.25, 0.3) is 0 Å². The summed E-state index contributed by atoms with van der Waals surface area (Å²) in [5, 5.41) is 5.58. The van der Waals surface area contributed by atoms with E-state index in [-0.39, 0.29) is 6.09 Å². The summed E-state index contributed by atoms with van der Waals surface area (Å²) in [4.78, 5) is 11.1. The molecule has 0 radical (unpaired) electrons. The number of hydrogen-bond acceptors (Lipinski definition) is 3. The van der Waals surface area contributed by atoms with Crippen molar-refractivity contribution in [2.45, 2.75) is 6.42 Å². The van der Waals surface area contributed by atoms with E-state index in [1.807, 2.05) is 37.4 Å². The van der Waals surface area contributed by atoms with Crippen molar-refractivity contribution in [1.29, 1.82) is 0 Å². The third-order valence-electron chi connectivity index (χ3n) is 2.11. The van der Waals surface area contributed by atoms with E-state index < -0.39 is 0 Å². The quantitative estimate of drug-likeness (QED) is 0.710. The van der Waals surface area contributed by atoms with E-state index in [1.165, 1.54) is 5.56 Å². The summed E-state index contributed by atoms with van der Waals surface area (Å²) in [6.07, 6.45) is 0.395. The molecule has 0 spiro atoms. The van der Waals surface area contributed by atoms with Crippen molar-refractivity contribution in [1.82, 2.24) is 10.6 Å². The Morgan fingerprint density at radius 3 is 2.69 bits per heavy atom. The highest BCUT2D eigenvalue weighted by Crippen LogP contribution is 1.99. The molecule has 1 aromatic rings. The zero-order valence-corrected chi connectivity index (χ0v) is 9.53. The third kappa shape index (κ3) is 5.36. The van der Waals surface area contributed by atoms with Crippen molar-refractivity contribution in [3.8, 4) is 0 Å². The molecule has 0 unspecified atom stereocenters. The molecule has 0 fully saturated rings. The maximum atomic E-state index is 11.1. The minimum absolute atomic E-state index is 0.355. The second kappa shape index (κ2) is 7.70. The first-order chi connectivity index (χ1) is 7.83. The zero-order chi connectivity index (χ0) is 11.6. The number of nitrogens with one attached hydrogen (secondary N) is 2. The normalized spacial score (nSPS) is 9.81. The molecule has 0 heterocycles. The molecular formula is C12H18N2O2. The molecule has 0 aliphatic rings. The molecule has 0 aliphatic carbocycles. The fraction of sp³-hybridized carbons (Fsp3) is 0.417. The van der Waals surface area contributed by atoms with Gasteiger partial charge in [-0.1, -0.05) is 30.3 Å². The van der Waals surface area contributed by atoms with Crippen molar-refractivity contribution in [2.24, 2.45) is 0 Å². The van der Waals surface area contributed by atoms with Crippen LogP contribution in [-0.4, -0.2) is 32.8 Å². The van der Waals surface area contributed by atoms with E-state index in [4.69, 9.17) is 4.74 Å². The van der Waals surface area contributed by atoms with Gasteiger partial charge in [-0.3, -0.25) is 0 Å². The lowest BCUT2D eigenvalue weighted by Gasteiger charge is -2.06. The lowest BCUT2D eigenvalue weighted by Crippen LogP contribution is -2.31. The first-order valence-electron chi connectivity index (χ1n) is 5.42. The molecule has 16 heavy (non-hydrogen) atoms. The summed E-state index contributed by atoms with van der Waals surface area (Å²) in [6.45, 7) is 1.74. The van der Waals surface area contributed by atoms with Crippen LogP contribution in [0.5, 0.6) is 0 Å². The van der Waals surface area contributed by atoms with Gasteiger partial charge in [0.05, 0.1) is 6.61 Å². The number of benzene rings is 1. The Hall–Kier alpha value is -1.55. The number of carbonyl (C=O) groups excluding carboxylic acids is 1. The summed E-state index contributed by atoms with van der Waals surface area (Å²) >= 11 is 0. The number of likely N-dealkylation sites (N-methyl/N-ethyl adjacent to an activating group) is 1. The van der Waals surface area contributed by atoms with Gasteiger partial charge >= 0.3 is 6.09 Å². The summed E-state index contributed by atoms with van der Waals surface area (Å²) in [5.74, 6) is 0. The van der Waals surface area contributed by atoms with E-state index in [2.05, 4.69) is 10.6 Å². The number of ether oxygens (including phenoxy) is 1. The van der Waals surface area contributed by atoms with Gasteiger partial charge < -0.3 is 15.4 Å². The average Bonchev–Trinajstić information content (AvgIpc) is 2.31. The van der Waals surface area contributed by atoms with E-state index in [1.54, 1.807) is 0 Å². The first kappa shape index (κ1) is 12.5. The van der Waals surface area contributed by atoms with Crippen LogP contribution in [0.3, 0.4) is 0 Å². The largest absolute Gasteiger partial charge is 0.449 e. The first-order valence-corrected chi connectivity index (χ1v) is 5.42. The maximum Gasteiger partial charge on any atom is 0.407 e. The van der Waals surface area contributed by atoms with Crippen LogP contribution in [0.2, 0.25) is 0 Å². The topological polar surface area (TPSA) is 50.4 Å². The zero-order valence-electron chi connectivity index (χ0n) is 9.53. The van der Waals surface area contributed by atoms with Crippen molar-refractivity contribution in [2.75, 3.05) is 26.7 Å². The molecule has 0 saturated carbocycles. The number of carbonyl (C=O) groups is 1. The molecule has 0 atom stereocenters. The monoisotopic (exact) mass is 222 g/mol. The second-order valence-electron chi connectivity index (χ2n) is 3.40. The van der Waals surface area contributed by atoms with Gasteiger partial charge in [0, 0.05) is 19.5 Å². The van der Waals surface area contributed by atoms with Crippen LogP contribution in [0.1, 0.15) is 5.56 Å². The maximum absolute atomic E-state index is 11.1. The van der Waals surface area contributed by atoms with Gasteiger partial charge in [-0.25, -0.2) is 4.79 Å². The Labute approximate surface area is 96.0 Å². The van der Waals surface area contributed by atoms with Crippen LogP contribution < -0.4 is 10.6 Å². The molecule has 0 aromatic heterocycles. The molecule has 2 N–H and O–H groups in total. The van der Waals surface area contributed by atoms with Gasteiger partial charge in [0.2, 0.25) is 0 Å². The number of rotatable bonds is 6. The minimum atomic E-state index is -0.355. The fourth-order valence-corrected chi connectivity index (χ4v) is 1.25. The Balaban J connectivity index is 2.09. The van der Waals surface area contributed by atoms with Crippen LogP contribution in [-0.2, 0) is 11.2 Å². The molecule has 0 saturated heterocycles. The molecular weight excluding hydrogens is 204 g/mol. The lowest BCUT2D eigenvalue weighted by atomic mass is 10.2. The molecule has 0 bridgehead atoms. The molecule has 88 valence electrons. The lowest BCUT2D eigenvalue weighted by molar-refractivity contribution is 0.147. The third-order valence-corrected chi connectivity index (χ3v) is 2.11. The van der Waals surface area contributed by atoms with E-state index in [0.29, 0.717) is 13.2 Å². The molecule has 4 nitrogen and oxygen atoms in total. The van der Waals surface area contributed by atoms with Crippen molar-refractivity contribution >= 4 is 6.09 Å². The predicted octanol–water partition coefficient (Wildman–Crippen LogP) is 1.17. The Kier molecular flexibility index (Phi) is 6.03. The highest BCUT2D eigenvalue weighted by atomic mass is 16.5. The van der Waals surface area contributed by atoms with Gasteiger partial charge in [0.25, 0.3) is 0 Å². The smallest absolute Gasteiger partial charge is 0.407 e. The van der Waals surface area contributed by atoms with Crippen LogP contribution in [0.4, 0.5) is 4.79 Å². The highest BCUT2D eigenvalue weighted by molar-refractivity contribution is 5.67. The Morgan fingerprint density at radius 2 is 2.00 bits per heavy atom. The SMILES string of the molecule is CNCCNC(=O)OCCc1ccccc1. The molecule has 1 rings (SSSR count). The Morgan fingerprint density at radius 1 is 1.25 bits per heavy atom. The Bertz CT molecular complexity index is 301. The van der Waals surface area contributed by atoms with Crippen LogP contribution >= 0.6 is 0 Å². The summed E-state index contributed by atoms with van der Waals surface area (Å²) in [6, 6.07) is 9.95. The number of amides is 1. The van der Waals surface area contributed by atoms with Gasteiger partial charge in [-0.2, -0.15) is 0 Å². The average molecular weight is 222 g/mol. The predicted molar refractivity (Wildman–Crippen MR) is 63.4 cm³/mol. The van der Waals surface area contributed by atoms with E-state index in [0.717, 1.165) is 13.0 Å². The molecule has 4 heteroatoms. The van der Waals surface area contributed by atoms with Gasteiger partial charge in [-0.05, 0) is 12.6 Å². The molecule has 0 aliphatic heterocycles. The standard InChI is InChI=1S/C12H18N2O2/c1-13-8-9-14-12(15)16-10-7-11-5-3-2-4-6-11/h2-6,13H,7-10H2,1H3,(H,14,15). The minimum Gasteiger partial charge on any atom is -0.449 e. The summed E-state index contributed by atoms with van der Waals surface area (Å²) in [7, 11) is 1.84. The summed E-state index contributed by atoms with van der Waals surface area (Å²) < 4.78 is 5.01. The van der Waals surface area contributed by atoms with Crippen molar-refractivity contribution < 1.29 is 9.53 Å². The van der Waals surface area contributed by atoms with Gasteiger partial charge in [0.1, 0.15) is 0 Å². The van der Waals surface area contributed by atoms with Gasteiger partial charge in [-0.15, -0.1) is 0 Å². The molecule has 1 aromatic carbocycles. The van der Waals surface area contributed by atoms with Crippen LogP contribution in [0.15, 0.2) is 30.3 Å². The van der Waals surface area contributed by atoms with Crippen LogP contribution in [0, 0.1) is 0 Å². The molecule has 1 amide bonds. The van der Waals surface area contributed by atoms with E-state index >= 15 is 0 Å². The van der Waals surface area contributed by atoms with Crippen molar-refractivity contribution in [3.63, 3.8) is 0 Å². The van der Waals surface area contributed by atoms with Gasteiger partial charge in [0.15, 0.2) is 0 Å². The highest BCUT2D eigenvalue weighted by Gasteiger charge is 2.00. The fourth-order valence-electron chi connectivity index (χ4n) is 1.25. The number of alkyl carbamates (subject to hydrolysis) is 1. The number of hydrogen-bond donors (Lipinski definition) is 2. The van der Waals surface area contributed by atoms with Crippen molar-refractivity contribution in [3.05, 3.63) is 35.9 Å². The van der Waals surface area contributed by atoms with E-state index in [9.17, 15) is 4.79 Å².